The summed E-state index contributed by atoms with van der Waals surface area (Å²) in [7, 11) is 1.59. The van der Waals surface area contributed by atoms with Crippen molar-refractivity contribution in [3.05, 3.63) is 52.2 Å². The fourth-order valence-electron chi connectivity index (χ4n) is 1.83. The Balaban J connectivity index is 1.87. The van der Waals surface area contributed by atoms with Gasteiger partial charge in [-0.3, -0.25) is 4.79 Å². The first-order valence-corrected chi connectivity index (χ1v) is 7.92. The number of oxime groups is 1. The van der Waals surface area contributed by atoms with Gasteiger partial charge in [-0.15, -0.1) is 11.3 Å². The number of para-hydroxylation sites is 1. The second-order valence-electron chi connectivity index (χ2n) is 4.73. The molecule has 0 aliphatic carbocycles. The van der Waals surface area contributed by atoms with Gasteiger partial charge in [-0.05, 0) is 24.4 Å². The molecule has 23 heavy (non-hydrogen) atoms. The average Bonchev–Trinajstić information content (AvgIpc) is 3.12. The number of hydrogen-bond donors (Lipinski definition) is 2. The van der Waals surface area contributed by atoms with E-state index in [0.717, 1.165) is 16.2 Å². The molecule has 6 nitrogen and oxygen atoms in total. The average molecular weight is 333 g/mol. The maximum Gasteiger partial charge on any atom is 0.263 e. The van der Waals surface area contributed by atoms with Gasteiger partial charge in [0.05, 0.1) is 12.0 Å². The van der Waals surface area contributed by atoms with Crippen molar-refractivity contribution in [2.45, 2.75) is 19.6 Å². The lowest BCUT2D eigenvalue weighted by molar-refractivity contribution is -0.131. The maximum atomic E-state index is 12.0. The lowest BCUT2D eigenvalue weighted by Gasteiger charge is -2.12. The standard InChI is InChI=1S/C16H19N3O3S/c1-11(22-19-15(17)14-8-5-9-23-14)16(20)18-10-12-6-3-4-7-13(12)21-2/h3-9,11H,10H2,1-2H3,(H2,17,19)(H,18,20). The van der Waals surface area contributed by atoms with E-state index in [9.17, 15) is 4.79 Å². The Labute approximate surface area is 138 Å². The third-order valence-electron chi connectivity index (χ3n) is 3.10. The van der Waals surface area contributed by atoms with Crippen LogP contribution in [0.1, 0.15) is 17.4 Å². The fraction of sp³-hybridized carbons (Fsp3) is 0.250. The molecule has 2 aromatic rings. The molecule has 122 valence electrons. The number of benzene rings is 1. The Morgan fingerprint density at radius 2 is 2.13 bits per heavy atom. The van der Waals surface area contributed by atoms with E-state index in [1.807, 2.05) is 41.8 Å². The molecule has 0 saturated carbocycles. The van der Waals surface area contributed by atoms with Gasteiger partial charge in [0.2, 0.25) is 6.10 Å². The summed E-state index contributed by atoms with van der Waals surface area (Å²) in [6, 6.07) is 11.2. The Morgan fingerprint density at radius 1 is 1.35 bits per heavy atom. The molecule has 1 aromatic carbocycles. The molecule has 1 heterocycles. The molecule has 0 aliphatic heterocycles. The van der Waals surface area contributed by atoms with Crippen LogP contribution in [-0.4, -0.2) is 25.0 Å². The third-order valence-corrected chi connectivity index (χ3v) is 3.99. The molecule has 0 saturated heterocycles. The van der Waals surface area contributed by atoms with E-state index in [1.165, 1.54) is 11.3 Å². The first-order valence-electron chi connectivity index (χ1n) is 7.04. The van der Waals surface area contributed by atoms with E-state index in [0.29, 0.717) is 6.54 Å². The minimum Gasteiger partial charge on any atom is -0.496 e. The van der Waals surface area contributed by atoms with E-state index < -0.39 is 6.10 Å². The summed E-state index contributed by atoms with van der Waals surface area (Å²) < 4.78 is 5.24. The predicted octanol–water partition coefficient (Wildman–Crippen LogP) is 2.10. The largest absolute Gasteiger partial charge is 0.496 e. The third kappa shape index (κ3) is 4.72. The summed E-state index contributed by atoms with van der Waals surface area (Å²) in [4.78, 5) is 18.0. The number of rotatable bonds is 7. The van der Waals surface area contributed by atoms with Crippen LogP contribution >= 0.6 is 11.3 Å². The van der Waals surface area contributed by atoms with Crippen molar-refractivity contribution in [2.24, 2.45) is 10.9 Å². The number of hydrogen-bond acceptors (Lipinski definition) is 5. The van der Waals surface area contributed by atoms with Crippen molar-refractivity contribution < 1.29 is 14.4 Å². The van der Waals surface area contributed by atoms with Gasteiger partial charge in [0.15, 0.2) is 5.84 Å². The number of carbonyl (C=O) groups excluding carboxylic acids is 1. The maximum absolute atomic E-state index is 12.0. The Hall–Kier alpha value is -2.54. The van der Waals surface area contributed by atoms with Crippen molar-refractivity contribution >= 4 is 23.1 Å². The zero-order valence-corrected chi connectivity index (χ0v) is 13.8. The van der Waals surface area contributed by atoms with E-state index in [4.69, 9.17) is 15.3 Å². The summed E-state index contributed by atoms with van der Waals surface area (Å²) in [5.41, 5.74) is 6.66. The number of nitrogens with one attached hydrogen (secondary N) is 1. The highest BCUT2D eigenvalue weighted by Crippen LogP contribution is 2.16. The lowest BCUT2D eigenvalue weighted by atomic mass is 10.2. The molecule has 1 atom stereocenters. The molecular weight excluding hydrogens is 314 g/mol. The summed E-state index contributed by atoms with van der Waals surface area (Å²) >= 11 is 1.45. The van der Waals surface area contributed by atoms with E-state index in [1.54, 1.807) is 14.0 Å². The highest BCUT2D eigenvalue weighted by Gasteiger charge is 2.15. The molecule has 0 fully saturated rings. The summed E-state index contributed by atoms with van der Waals surface area (Å²) in [5.74, 6) is 0.698. The molecule has 1 aromatic heterocycles. The first-order chi connectivity index (χ1) is 11.1. The lowest BCUT2D eigenvalue weighted by Crippen LogP contribution is -2.33. The van der Waals surface area contributed by atoms with Crippen LogP contribution in [0.15, 0.2) is 46.9 Å². The highest BCUT2D eigenvalue weighted by atomic mass is 32.1. The van der Waals surface area contributed by atoms with Gasteiger partial charge in [0.25, 0.3) is 5.91 Å². The molecule has 0 spiro atoms. The molecule has 7 heteroatoms. The van der Waals surface area contributed by atoms with Gasteiger partial charge >= 0.3 is 0 Å². The summed E-state index contributed by atoms with van der Waals surface area (Å²) in [6.45, 7) is 1.96. The minimum atomic E-state index is -0.747. The Bertz CT molecular complexity index is 671. The van der Waals surface area contributed by atoms with Crippen LogP contribution in [0, 0.1) is 0 Å². The molecule has 3 N–H and O–H groups in total. The van der Waals surface area contributed by atoms with Crippen molar-refractivity contribution in [2.75, 3.05) is 7.11 Å². The molecule has 2 rings (SSSR count). The van der Waals surface area contributed by atoms with Crippen molar-refractivity contribution in [1.29, 1.82) is 0 Å². The van der Waals surface area contributed by atoms with Crippen LogP contribution in [-0.2, 0) is 16.2 Å². The number of amides is 1. The molecule has 1 unspecified atom stereocenters. The van der Waals surface area contributed by atoms with Crippen LogP contribution in [0.25, 0.3) is 0 Å². The Kier molecular flexibility index (Phi) is 5.99. The van der Waals surface area contributed by atoms with Gasteiger partial charge in [0.1, 0.15) is 5.75 Å². The van der Waals surface area contributed by atoms with E-state index >= 15 is 0 Å². The molecular formula is C16H19N3O3S. The van der Waals surface area contributed by atoms with Gasteiger partial charge in [-0.1, -0.05) is 29.4 Å². The van der Waals surface area contributed by atoms with E-state index in [2.05, 4.69) is 10.5 Å². The minimum absolute atomic E-state index is 0.254. The van der Waals surface area contributed by atoms with Crippen molar-refractivity contribution in [3.63, 3.8) is 0 Å². The predicted molar refractivity (Wildman–Crippen MR) is 90.4 cm³/mol. The fourth-order valence-corrected chi connectivity index (χ4v) is 2.45. The van der Waals surface area contributed by atoms with Crippen LogP contribution in [0.3, 0.4) is 0 Å². The number of methoxy groups -OCH3 is 1. The first kappa shape index (κ1) is 16.8. The topological polar surface area (TPSA) is 85.9 Å². The smallest absolute Gasteiger partial charge is 0.263 e. The van der Waals surface area contributed by atoms with Crippen LogP contribution in [0.2, 0.25) is 0 Å². The van der Waals surface area contributed by atoms with Crippen LogP contribution in [0.4, 0.5) is 0 Å². The normalized spacial score (nSPS) is 12.5. The number of amidine groups is 1. The number of nitrogens with zero attached hydrogens (tertiary/aromatic N) is 1. The van der Waals surface area contributed by atoms with Crippen LogP contribution < -0.4 is 15.8 Å². The zero-order valence-electron chi connectivity index (χ0n) is 13.0. The van der Waals surface area contributed by atoms with Gasteiger partial charge in [-0.2, -0.15) is 0 Å². The number of nitrogens with two attached hydrogens (primary N) is 1. The van der Waals surface area contributed by atoms with Crippen molar-refractivity contribution in [3.8, 4) is 5.75 Å². The number of ether oxygens (including phenoxy) is 1. The Morgan fingerprint density at radius 3 is 2.83 bits per heavy atom. The molecule has 0 aliphatic rings. The monoisotopic (exact) mass is 333 g/mol. The van der Waals surface area contributed by atoms with Crippen LogP contribution in [0.5, 0.6) is 5.75 Å². The molecule has 1 amide bonds. The highest BCUT2D eigenvalue weighted by molar-refractivity contribution is 7.12. The SMILES string of the molecule is COc1ccccc1CNC(=O)C(C)O/N=C(\N)c1cccs1. The van der Waals surface area contributed by atoms with E-state index in [-0.39, 0.29) is 11.7 Å². The molecule has 0 bridgehead atoms. The number of thiophene rings is 1. The molecule has 0 radical (unpaired) electrons. The summed E-state index contributed by atoms with van der Waals surface area (Å²) in [5, 5.41) is 8.47. The van der Waals surface area contributed by atoms with Gasteiger partial charge in [0, 0.05) is 12.1 Å². The quantitative estimate of drug-likeness (QED) is 0.461. The second-order valence-corrected chi connectivity index (χ2v) is 5.68. The van der Waals surface area contributed by atoms with Crippen molar-refractivity contribution in [1.82, 2.24) is 5.32 Å². The summed E-state index contributed by atoms with van der Waals surface area (Å²) in [6.07, 6.45) is -0.747. The van der Waals surface area contributed by atoms with Gasteiger partial charge in [-0.25, -0.2) is 0 Å². The number of carbonyl (C=O) groups is 1. The van der Waals surface area contributed by atoms with Gasteiger partial charge < -0.3 is 20.6 Å². The zero-order chi connectivity index (χ0) is 16.7. The second kappa shape index (κ2) is 8.19.